The van der Waals surface area contributed by atoms with Gasteiger partial charge in [0.1, 0.15) is 0 Å². The average molecular weight is 255 g/mol. The van der Waals surface area contributed by atoms with Crippen molar-refractivity contribution in [2.24, 2.45) is 0 Å². The molecular formula is C13H25N3S. The van der Waals surface area contributed by atoms with E-state index in [1.165, 1.54) is 18.5 Å². The Morgan fingerprint density at radius 2 is 2.06 bits per heavy atom. The Labute approximate surface area is 109 Å². The lowest BCUT2D eigenvalue weighted by atomic mass is 10.0. The van der Waals surface area contributed by atoms with Crippen molar-refractivity contribution in [3.8, 4) is 0 Å². The summed E-state index contributed by atoms with van der Waals surface area (Å²) < 4.78 is 2.57. The van der Waals surface area contributed by atoms with Gasteiger partial charge < -0.3 is 9.88 Å². The van der Waals surface area contributed by atoms with E-state index in [0.717, 1.165) is 19.6 Å². The molecule has 0 aromatic carbocycles. The molecule has 0 saturated heterocycles. The predicted octanol–water partition coefficient (Wildman–Crippen LogP) is 2.91. The summed E-state index contributed by atoms with van der Waals surface area (Å²) in [5.74, 6) is 0. The molecule has 1 aromatic heterocycles. The molecule has 0 amide bonds. The highest BCUT2D eigenvalue weighted by atomic mass is 32.2. The maximum atomic E-state index is 4.19. The van der Waals surface area contributed by atoms with Crippen LogP contribution in [0.15, 0.2) is 12.5 Å². The minimum Gasteiger partial charge on any atom is -0.334 e. The van der Waals surface area contributed by atoms with Crippen LogP contribution in [0.25, 0.3) is 0 Å². The van der Waals surface area contributed by atoms with Gasteiger partial charge in [-0.15, -0.1) is 0 Å². The number of thioether (sulfide) groups is 1. The second-order valence-electron chi connectivity index (χ2n) is 4.37. The first-order valence-electron chi connectivity index (χ1n) is 6.46. The van der Waals surface area contributed by atoms with E-state index >= 15 is 0 Å². The molecule has 0 fully saturated rings. The molecule has 98 valence electrons. The van der Waals surface area contributed by atoms with Gasteiger partial charge in [-0.05, 0) is 26.0 Å². The van der Waals surface area contributed by atoms with Gasteiger partial charge in [-0.2, -0.15) is 11.8 Å². The molecule has 0 saturated carbocycles. The molecule has 1 rings (SSSR count). The summed E-state index contributed by atoms with van der Waals surface area (Å²) in [6.07, 6.45) is 8.49. The summed E-state index contributed by atoms with van der Waals surface area (Å²) in [4.78, 5) is 4.19. The van der Waals surface area contributed by atoms with Crippen molar-refractivity contribution < 1.29 is 0 Å². The van der Waals surface area contributed by atoms with Crippen LogP contribution in [0, 0.1) is 0 Å². The highest BCUT2D eigenvalue weighted by molar-refractivity contribution is 8.00. The van der Waals surface area contributed by atoms with Crippen LogP contribution in [-0.4, -0.2) is 27.1 Å². The lowest BCUT2D eigenvalue weighted by Gasteiger charge is -2.30. The highest BCUT2D eigenvalue weighted by Gasteiger charge is 2.24. The van der Waals surface area contributed by atoms with Gasteiger partial charge in [-0.25, -0.2) is 4.98 Å². The quantitative estimate of drug-likeness (QED) is 0.774. The first-order chi connectivity index (χ1) is 8.21. The lowest BCUT2D eigenvalue weighted by molar-refractivity contribution is 0.488. The van der Waals surface area contributed by atoms with E-state index in [4.69, 9.17) is 0 Å². The molecule has 0 unspecified atom stereocenters. The van der Waals surface area contributed by atoms with E-state index in [0.29, 0.717) is 4.75 Å². The Hall–Kier alpha value is -0.480. The molecule has 3 nitrogen and oxygen atoms in total. The van der Waals surface area contributed by atoms with Crippen molar-refractivity contribution in [1.29, 1.82) is 0 Å². The van der Waals surface area contributed by atoms with Crippen LogP contribution < -0.4 is 5.32 Å². The summed E-state index contributed by atoms with van der Waals surface area (Å²) in [7, 11) is 0. The number of imidazole rings is 1. The zero-order valence-electron chi connectivity index (χ0n) is 11.5. The molecule has 0 aliphatic heterocycles. The van der Waals surface area contributed by atoms with Gasteiger partial charge in [0.15, 0.2) is 0 Å². The van der Waals surface area contributed by atoms with Crippen LogP contribution in [0.4, 0.5) is 0 Å². The molecule has 0 aliphatic rings. The topological polar surface area (TPSA) is 29.9 Å². The van der Waals surface area contributed by atoms with Crippen molar-refractivity contribution >= 4 is 11.8 Å². The zero-order chi connectivity index (χ0) is 12.7. The van der Waals surface area contributed by atoms with Crippen LogP contribution in [0.5, 0.6) is 0 Å². The highest BCUT2D eigenvalue weighted by Crippen LogP contribution is 2.29. The van der Waals surface area contributed by atoms with Gasteiger partial charge >= 0.3 is 0 Å². The van der Waals surface area contributed by atoms with Crippen molar-refractivity contribution in [3.05, 3.63) is 18.2 Å². The average Bonchev–Trinajstić information content (AvgIpc) is 2.83. The van der Waals surface area contributed by atoms with Crippen LogP contribution in [0.2, 0.25) is 0 Å². The summed E-state index contributed by atoms with van der Waals surface area (Å²) in [6.45, 7) is 9.67. The van der Waals surface area contributed by atoms with Crippen LogP contribution in [0.1, 0.15) is 39.3 Å². The van der Waals surface area contributed by atoms with Gasteiger partial charge in [-0.1, -0.05) is 13.8 Å². The Balaban J connectivity index is 2.46. The third-order valence-electron chi connectivity index (χ3n) is 3.61. The first kappa shape index (κ1) is 14.6. The molecule has 17 heavy (non-hydrogen) atoms. The standard InChI is InChI=1S/C13H25N3S/c1-5-13(6-2,17-4)10-14-8-12-9-15-11-16(12)7-3/h9,11,14H,5-8,10H2,1-4H3. The van der Waals surface area contributed by atoms with Crippen LogP contribution in [-0.2, 0) is 13.1 Å². The normalized spacial score (nSPS) is 12.0. The van der Waals surface area contributed by atoms with Crippen molar-refractivity contribution in [2.45, 2.75) is 51.4 Å². The van der Waals surface area contributed by atoms with Crippen LogP contribution >= 0.6 is 11.8 Å². The lowest BCUT2D eigenvalue weighted by Crippen LogP contribution is -2.36. The van der Waals surface area contributed by atoms with E-state index in [1.807, 2.05) is 24.3 Å². The number of nitrogens with one attached hydrogen (secondary N) is 1. The van der Waals surface area contributed by atoms with Crippen molar-refractivity contribution in [3.63, 3.8) is 0 Å². The number of aromatic nitrogens is 2. The maximum Gasteiger partial charge on any atom is 0.0948 e. The number of hydrogen-bond acceptors (Lipinski definition) is 3. The molecule has 1 N–H and O–H groups in total. The van der Waals surface area contributed by atoms with Crippen molar-refractivity contribution in [2.75, 3.05) is 12.8 Å². The van der Waals surface area contributed by atoms with Gasteiger partial charge in [0.05, 0.1) is 12.0 Å². The fraction of sp³-hybridized carbons (Fsp3) is 0.769. The van der Waals surface area contributed by atoms with Gasteiger partial charge in [-0.3, -0.25) is 0 Å². The SMILES string of the molecule is CCn1cncc1CNCC(CC)(CC)SC. The van der Waals surface area contributed by atoms with E-state index < -0.39 is 0 Å². The summed E-state index contributed by atoms with van der Waals surface area (Å²) in [5.41, 5.74) is 1.27. The minimum absolute atomic E-state index is 0.386. The Morgan fingerprint density at radius 3 is 2.59 bits per heavy atom. The number of nitrogens with zero attached hydrogens (tertiary/aromatic N) is 2. The number of aryl methyl sites for hydroxylation is 1. The molecule has 0 aliphatic carbocycles. The molecule has 0 atom stereocenters. The van der Waals surface area contributed by atoms with Crippen molar-refractivity contribution in [1.82, 2.24) is 14.9 Å². The smallest absolute Gasteiger partial charge is 0.0948 e. The summed E-state index contributed by atoms with van der Waals surface area (Å²) in [5, 5.41) is 3.57. The summed E-state index contributed by atoms with van der Waals surface area (Å²) in [6, 6.07) is 0. The Kier molecular flexibility index (Phi) is 6.06. The van der Waals surface area contributed by atoms with Gasteiger partial charge in [0.2, 0.25) is 0 Å². The molecule has 1 aromatic rings. The van der Waals surface area contributed by atoms with E-state index in [9.17, 15) is 0 Å². The first-order valence-corrected chi connectivity index (χ1v) is 7.68. The Bertz CT molecular complexity index is 310. The number of rotatable bonds is 8. The fourth-order valence-electron chi connectivity index (χ4n) is 2.06. The van der Waals surface area contributed by atoms with Gasteiger partial charge in [0, 0.05) is 30.6 Å². The number of hydrogen-bond donors (Lipinski definition) is 1. The third-order valence-corrected chi connectivity index (χ3v) is 5.20. The van der Waals surface area contributed by atoms with E-state index in [2.05, 4.69) is 41.9 Å². The molecule has 0 bridgehead atoms. The maximum absolute atomic E-state index is 4.19. The molecule has 0 spiro atoms. The monoisotopic (exact) mass is 255 g/mol. The van der Waals surface area contributed by atoms with Gasteiger partial charge in [0.25, 0.3) is 0 Å². The summed E-state index contributed by atoms with van der Waals surface area (Å²) >= 11 is 1.98. The third kappa shape index (κ3) is 3.75. The fourth-order valence-corrected chi connectivity index (χ4v) is 2.88. The van der Waals surface area contributed by atoms with Crippen LogP contribution in [0.3, 0.4) is 0 Å². The minimum atomic E-state index is 0.386. The second-order valence-corrected chi connectivity index (χ2v) is 5.64. The molecule has 1 heterocycles. The van der Waals surface area contributed by atoms with E-state index in [1.54, 1.807) is 0 Å². The second kappa shape index (κ2) is 7.07. The molecular weight excluding hydrogens is 230 g/mol. The molecule has 4 heteroatoms. The Morgan fingerprint density at radius 1 is 1.35 bits per heavy atom. The van der Waals surface area contributed by atoms with E-state index in [-0.39, 0.29) is 0 Å². The predicted molar refractivity (Wildman–Crippen MR) is 76.4 cm³/mol. The molecule has 0 radical (unpaired) electrons. The largest absolute Gasteiger partial charge is 0.334 e. The zero-order valence-corrected chi connectivity index (χ0v) is 12.3.